The zero-order valence-electron chi connectivity index (χ0n) is 9.21. The van der Waals surface area contributed by atoms with Crippen molar-refractivity contribution in [3.05, 3.63) is 0 Å². The SMILES string of the molecule is O=C(O)CCCCCCCCCCSF. The summed E-state index contributed by atoms with van der Waals surface area (Å²) in [6.45, 7) is 0. The number of unbranched alkanes of at least 4 members (excludes halogenated alkanes) is 7. The molecule has 0 spiro atoms. The number of hydrogen-bond donors (Lipinski definition) is 1. The Morgan fingerprint density at radius 1 is 0.933 bits per heavy atom. The number of rotatable bonds is 11. The van der Waals surface area contributed by atoms with Crippen molar-refractivity contribution >= 4 is 18.1 Å². The third-order valence-electron chi connectivity index (χ3n) is 2.36. The van der Waals surface area contributed by atoms with Gasteiger partial charge in [-0.15, -0.1) is 0 Å². The highest BCUT2D eigenvalue weighted by molar-refractivity contribution is 7.94. The fourth-order valence-corrected chi connectivity index (χ4v) is 1.81. The minimum Gasteiger partial charge on any atom is -0.481 e. The Morgan fingerprint density at radius 3 is 1.87 bits per heavy atom. The summed E-state index contributed by atoms with van der Waals surface area (Å²) in [5.41, 5.74) is 0. The highest BCUT2D eigenvalue weighted by atomic mass is 32.2. The van der Waals surface area contributed by atoms with E-state index in [0.717, 1.165) is 32.1 Å². The van der Waals surface area contributed by atoms with Crippen LogP contribution < -0.4 is 0 Å². The molecule has 0 aliphatic rings. The first-order valence-corrected chi connectivity index (χ1v) is 6.61. The van der Waals surface area contributed by atoms with Crippen molar-refractivity contribution in [2.75, 3.05) is 5.75 Å². The van der Waals surface area contributed by atoms with Gasteiger partial charge in [0, 0.05) is 24.3 Å². The summed E-state index contributed by atoms with van der Waals surface area (Å²) < 4.78 is 11.6. The number of carboxylic acids is 1. The maximum absolute atomic E-state index is 11.6. The normalized spacial score (nSPS) is 10.5. The minimum absolute atomic E-state index is 0.299. The summed E-state index contributed by atoms with van der Waals surface area (Å²) in [7, 11) is 0. The standard InChI is InChI=1S/C11H21FO2S/c12-15-10-8-6-4-2-1-3-5-7-9-11(13)14/h1-10H2,(H,13,14). The van der Waals surface area contributed by atoms with Crippen molar-refractivity contribution in [1.82, 2.24) is 0 Å². The topological polar surface area (TPSA) is 37.3 Å². The van der Waals surface area contributed by atoms with Gasteiger partial charge in [-0.05, 0) is 12.8 Å². The van der Waals surface area contributed by atoms with Crippen LogP contribution in [0, 0.1) is 0 Å². The van der Waals surface area contributed by atoms with Crippen molar-refractivity contribution in [2.24, 2.45) is 0 Å². The van der Waals surface area contributed by atoms with Crippen molar-refractivity contribution in [3.63, 3.8) is 0 Å². The van der Waals surface area contributed by atoms with Crippen molar-refractivity contribution in [2.45, 2.75) is 57.8 Å². The van der Waals surface area contributed by atoms with E-state index in [1.165, 1.54) is 19.3 Å². The Morgan fingerprint density at radius 2 is 1.40 bits per heavy atom. The quantitative estimate of drug-likeness (QED) is 0.546. The number of aliphatic carboxylic acids is 1. The lowest BCUT2D eigenvalue weighted by Gasteiger charge is -2.00. The lowest BCUT2D eigenvalue weighted by molar-refractivity contribution is -0.137. The molecule has 0 amide bonds. The van der Waals surface area contributed by atoms with Crippen LogP contribution in [-0.4, -0.2) is 16.8 Å². The molecule has 0 aromatic rings. The first-order chi connectivity index (χ1) is 7.27. The number of hydrogen-bond acceptors (Lipinski definition) is 2. The Balaban J connectivity index is 2.89. The molecule has 0 fully saturated rings. The van der Waals surface area contributed by atoms with Gasteiger partial charge in [-0.3, -0.25) is 4.79 Å². The van der Waals surface area contributed by atoms with Gasteiger partial charge in [0.1, 0.15) is 0 Å². The van der Waals surface area contributed by atoms with Crippen LogP contribution in [0.4, 0.5) is 3.89 Å². The molecule has 0 aromatic heterocycles. The monoisotopic (exact) mass is 236 g/mol. The van der Waals surface area contributed by atoms with Crippen LogP contribution in [-0.2, 0) is 4.79 Å². The van der Waals surface area contributed by atoms with Gasteiger partial charge >= 0.3 is 5.97 Å². The van der Waals surface area contributed by atoms with Crippen LogP contribution in [0.15, 0.2) is 0 Å². The van der Waals surface area contributed by atoms with Crippen molar-refractivity contribution in [1.29, 1.82) is 0 Å². The minimum atomic E-state index is -0.696. The van der Waals surface area contributed by atoms with Crippen LogP contribution in [0.5, 0.6) is 0 Å². The average molecular weight is 236 g/mol. The van der Waals surface area contributed by atoms with Crippen LogP contribution >= 0.6 is 12.1 Å². The number of carboxylic acid groups (broad SMARTS) is 1. The first kappa shape index (κ1) is 14.8. The highest BCUT2D eigenvalue weighted by Gasteiger charge is 1.96. The molecule has 0 unspecified atom stereocenters. The van der Waals surface area contributed by atoms with E-state index in [9.17, 15) is 8.68 Å². The van der Waals surface area contributed by atoms with Crippen LogP contribution in [0.25, 0.3) is 0 Å². The molecule has 0 radical (unpaired) electrons. The van der Waals surface area contributed by atoms with Gasteiger partial charge in [0.2, 0.25) is 0 Å². The highest BCUT2D eigenvalue weighted by Crippen LogP contribution is 2.11. The summed E-state index contributed by atoms with van der Waals surface area (Å²) >= 11 is 0.424. The molecule has 4 heteroatoms. The van der Waals surface area contributed by atoms with E-state index in [4.69, 9.17) is 5.11 Å². The predicted octanol–water partition coefficient (Wildman–Crippen LogP) is 4.20. The van der Waals surface area contributed by atoms with E-state index in [2.05, 4.69) is 0 Å². The molecule has 1 N–H and O–H groups in total. The fourth-order valence-electron chi connectivity index (χ4n) is 1.49. The Hall–Kier alpha value is -0.250. The van der Waals surface area contributed by atoms with E-state index >= 15 is 0 Å². The smallest absolute Gasteiger partial charge is 0.303 e. The Kier molecular flexibility index (Phi) is 11.6. The Labute approximate surface area is 95.9 Å². The van der Waals surface area contributed by atoms with Gasteiger partial charge < -0.3 is 5.11 Å². The zero-order chi connectivity index (χ0) is 11.4. The molecule has 15 heavy (non-hydrogen) atoms. The summed E-state index contributed by atoms with van der Waals surface area (Å²) in [6.07, 6.45) is 8.90. The Bertz CT molecular complexity index is 154. The number of carbonyl (C=O) groups is 1. The summed E-state index contributed by atoms with van der Waals surface area (Å²) in [4.78, 5) is 10.2. The van der Waals surface area contributed by atoms with Crippen molar-refractivity contribution in [3.8, 4) is 0 Å². The largest absolute Gasteiger partial charge is 0.481 e. The summed E-state index contributed by atoms with van der Waals surface area (Å²) in [5, 5.41) is 8.40. The van der Waals surface area contributed by atoms with Crippen molar-refractivity contribution < 1.29 is 13.8 Å². The molecule has 0 saturated carbocycles. The fraction of sp³-hybridized carbons (Fsp3) is 0.909. The van der Waals surface area contributed by atoms with Gasteiger partial charge in [-0.25, -0.2) is 0 Å². The maximum atomic E-state index is 11.6. The van der Waals surface area contributed by atoms with Gasteiger partial charge in [-0.2, -0.15) is 3.89 Å². The van der Waals surface area contributed by atoms with E-state index in [-0.39, 0.29) is 0 Å². The molecule has 0 saturated heterocycles. The molecule has 0 atom stereocenters. The van der Waals surface area contributed by atoms with E-state index in [1.54, 1.807) is 0 Å². The second-order valence-electron chi connectivity index (χ2n) is 3.79. The second kappa shape index (κ2) is 11.8. The van der Waals surface area contributed by atoms with E-state index in [1.807, 2.05) is 0 Å². The van der Waals surface area contributed by atoms with E-state index in [0.29, 0.717) is 24.3 Å². The maximum Gasteiger partial charge on any atom is 0.303 e. The summed E-state index contributed by atoms with van der Waals surface area (Å²) in [6, 6.07) is 0. The van der Waals surface area contributed by atoms with Gasteiger partial charge in [-0.1, -0.05) is 38.5 Å². The number of halogens is 1. The van der Waals surface area contributed by atoms with Gasteiger partial charge in [0.05, 0.1) is 0 Å². The molecule has 0 aliphatic heterocycles. The second-order valence-corrected chi connectivity index (χ2v) is 4.41. The van der Waals surface area contributed by atoms with Gasteiger partial charge in [0.15, 0.2) is 0 Å². The molecule has 2 nitrogen and oxygen atoms in total. The molecule has 0 aliphatic carbocycles. The lowest BCUT2D eigenvalue weighted by atomic mass is 10.1. The molecule has 0 rings (SSSR count). The molecular formula is C11H21FO2S. The summed E-state index contributed by atoms with van der Waals surface area (Å²) in [5.74, 6) is -0.0720. The van der Waals surface area contributed by atoms with Crippen LogP contribution in [0.3, 0.4) is 0 Å². The van der Waals surface area contributed by atoms with Crippen LogP contribution in [0.1, 0.15) is 57.8 Å². The van der Waals surface area contributed by atoms with E-state index < -0.39 is 5.97 Å². The van der Waals surface area contributed by atoms with Gasteiger partial charge in [0.25, 0.3) is 0 Å². The molecule has 0 heterocycles. The van der Waals surface area contributed by atoms with Crippen LogP contribution in [0.2, 0.25) is 0 Å². The zero-order valence-corrected chi connectivity index (χ0v) is 10.0. The predicted molar refractivity (Wildman–Crippen MR) is 62.8 cm³/mol. The molecule has 0 bridgehead atoms. The average Bonchev–Trinajstić information content (AvgIpc) is 2.20. The lowest BCUT2D eigenvalue weighted by Crippen LogP contribution is -1.93. The third kappa shape index (κ3) is 13.8. The first-order valence-electron chi connectivity index (χ1n) is 5.72. The molecule has 90 valence electrons. The molecule has 0 aromatic carbocycles. The molecular weight excluding hydrogens is 215 g/mol. The third-order valence-corrected chi connectivity index (χ3v) is 2.81.